The maximum atomic E-state index is 12.7. The Bertz CT molecular complexity index is 207. The van der Waals surface area contributed by atoms with Crippen molar-refractivity contribution in [3.05, 3.63) is 0 Å². The van der Waals surface area contributed by atoms with E-state index in [4.69, 9.17) is 0 Å². The van der Waals surface area contributed by atoms with Gasteiger partial charge in [0, 0.05) is 0 Å². The van der Waals surface area contributed by atoms with Crippen LogP contribution in [-0.2, 0) is 13.6 Å². The topological polar surface area (TPSA) is 35.5 Å². The third-order valence-corrected chi connectivity index (χ3v) is 2.07. The summed E-state index contributed by atoms with van der Waals surface area (Å²) in [5, 5.41) is 0. The Morgan fingerprint density at radius 3 is 2.64 bits per heavy atom. The van der Waals surface area contributed by atoms with Crippen molar-refractivity contribution >= 4 is 7.91 Å². The first kappa shape index (κ1) is 9.03. The van der Waals surface area contributed by atoms with Crippen LogP contribution >= 0.6 is 7.91 Å². The standard InChI is InChI=1S/C4H6F3O3P/c1-4(6)2-9-11(7,8)10-3(4)5/h3H,2H2,1H3. The minimum absolute atomic E-state index is 0.830. The molecular weight excluding hydrogens is 184 g/mol. The Morgan fingerprint density at radius 2 is 2.27 bits per heavy atom. The molecule has 0 bridgehead atoms. The van der Waals surface area contributed by atoms with Crippen molar-refractivity contribution in [3.8, 4) is 0 Å². The van der Waals surface area contributed by atoms with Crippen LogP contribution in [0.1, 0.15) is 6.92 Å². The zero-order valence-electron chi connectivity index (χ0n) is 5.59. The molecule has 0 aromatic heterocycles. The number of halogens is 3. The largest absolute Gasteiger partial charge is 0.515 e. The van der Waals surface area contributed by atoms with Crippen molar-refractivity contribution < 1.29 is 26.6 Å². The maximum absolute atomic E-state index is 12.7. The lowest BCUT2D eigenvalue weighted by Gasteiger charge is -2.29. The van der Waals surface area contributed by atoms with E-state index in [9.17, 15) is 17.5 Å². The molecule has 0 aromatic rings. The second kappa shape index (κ2) is 2.47. The van der Waals surface area contributed by atoms with Gasteiger partial charge in [-0.15, -0.1) is 4.20 Å². The zero-order valence-corrected chi connectivity index (χ0v) is 6.48. The van der Waals surface area contributed by atoms with E-state index in [0.29, 0.717) is 0 Å². The summed E-state index contributed by atoms with van der Waals surface area (Å²) in [6, 6.07) is 0. The first-order valence-corrected chi connectivity index (χ1v) is 4.22. The molecule has 3 nitrogen and oxygen atoms in total. The summed E-state index contributed by atoms with van der Waals surface area (Å²) < 4.78 is 54.8. The molecule has 0 saturated carbocycles. The summed E-state index contributed by atoms with van der Waals surface area (Å²) in [5.41, 5.74) is -2.43. The van der Waals surface area contributed by atoms with E-state index >= 15 is 0 Å². The summed E-state index contributed by atoms with van der Waals surface area (Å²) in [7, 11) is -4.84. The van der Waals surface area contributed by atoms with Crippen molar-refractivity contribution in [2.75, 3.05) is 6.61 Å². The number of hydrogen-bond donors (Lipinski definition) is 0. The van der Waals surface area contributed by atoms with Crippen LogP contribution in [0.5, 0.6) is 0 Å². The van der Waals surface area contributed by atoms with Crippen LogP contribution in [-0.4, -0.2) is 18.6 Å². The molecule has 0 aromatic carbocycles. The summed E-state index contributed by atoms with van der Waals surface area (Å²) in [6.07, 6.45) is -2.54. The second-order valence-electron chi connectivity index (χ2n) is 2.40. The van der Waals surface area contributed by atoms with E-state index in [1.165, 1.54) is 0 Å². The number of alkyl halides is 2. The van der Waals surface area contributed by atoms with Crippen molar-refractivity contribution in [1.82, 2.24) is 0 Å². The molecule has 0 aliphatic carbocycles. The van der Waals surface area contributed by atoms with E-state index in [1.54, 1.807) is 0 Å². The Kier molecular flexibility index (Phi) is 2.03. The molecule has 0 radical (unpaired) electrons. The average Bonchev–Trinajstić information content (AvgIpc) is 1.81. The molecule has 0 spiro atoms. The monoisotopic (exact) mass is 190 g/mol. The lowest BCUT2D eigenvalue weighted by Crippen LogP contribution is -2.40. The summed E-state index contributed by atoms with van der Waals surface area (Å²) in [5.74, 6) is 0. The molecule has 66 valence electrons. The Balaban J connectivity index is 2.70. The van der Waals surface area contributed by atoms with Gasteiger partial charge in [-0.2, -0.15) is 0 Å². The van der Waals surface area contributed by atoms with Crippen LogP contribution in [0.15, 0.2) is 0 Å². The summed E-state index contributed by atoms with van der Waals surface area (Å²) >= 11 is 0. The van der Waals surface area contributed by atoms with E-state index in [0.717, 1.165) is 6.92 Å². The van der Waals surface area contributed by atoms with E-state index < -0.39 is 26.5 Å². The highest BCUT2D eigenvalue weighted by Crippen LogP contribution is 2.56. The molecule has 1 saturated heterocycles. The van der Waals surface area contributed by atoms with Gasteiger partial charge in [0.25, 0.3) is 0 Å². The highest BCUT2D eigenvalue weighted by Gasteiger charge is 2.48. The van der Waals surface area contributed by atoms with Crippen molar-refractivity contribution in [2.45, 2.75) is 19.0 Å². The fourth-order valence-corrected chi connectivity index (χ4v) is 1.43. The number of rotatable bonds is 0. The van der Waals surface area contributed by atoms with Crippen LogP contribution in [0.4, 0.5) is 13.0 Å². The third-order valence-electron chi connectivity index (χ3n) is 1.19. The van der Waals surface area contributed by atoms with E-state index in [2.05, 4.69) is 9.05 Å². The fraction of sp³-hybridized carbons (Fsp3) is 1.00. The number of hydrogen-bond acceptors (Lipinski definition) is 3. The fourth-order valence-electron chi connectivity index (χ4n) is 0.520. The highest BCUT2D eigenvalue weighted by molar-refractivity contribution is 7.48. The molecule has 3 unspecified atom stereocenters. The van der Waals surface area contributed by atoms with Crippen LogP contribution in [0, 0.1) is 0 Å². The Morgan fingerprint density at radius 1 is 1.73 bits per heavy atom. The first-order chi connectivity index (χ1) is 4.83. The predicted octanol–water partition coefficient (Wildman–Crippen LogP) is 2.13. The van der Waals surface area contributed by atoms with Gasteiger partial charge in [-0.3, -0.25) is 4.52 Å². The van der Waals surface area contributed by atoms with Gasteiger partial charge in [-0.1, -0.05) is 0 Å². The summed E-state index contributed by atoms with van der Waals surface area (Å²) in [4.78, 5) is 0. The van der Waals surface area contributed by atoms with Crippen LogP contribution in [0.2, 0.25) is 0 Å². The van der Waals surface area contributed by atoms with Crippen LogP contribution < -0.4 is 0 Å². The molecule has 7 heteroatoms. The van der Waals surface area contributed by atoms with Gasteiger partial charge >= 0.3 is 7.91 Å². The van der Waals surface area contributed by atoms with Gasteiger partial charge in [-0.25, -0.2) is 17.9 Å². The van der Waals surface area contributed by atoms with Gasteiger partial charge in [-0.05, 0) is 6.92 Å². The van der Waals surface area contributed by atoms with Crippen molar-refractivity contribution in [3.63, 3.8) is 0 Å². The molecule has 1 aliphatic heterocycles. The third kappa shape index (κ3) is 1.95. The average molecular weight is 190 g/mol. The first-order valence-electron chi connectivity index (χ1n) is 2.79. The van der Waals surface area contributed by atoms with Gasteiger partial charge in [0.2, 0.25) is 6.36 Å². The van der Waals surface area contributed by atoms with Gasteiger partial charge in [0.1, 0.15) is 0 Å². The van der Waals surface area contributed by atoms with Gasteiger partial charge in [0.15, 0.2) is 5.67 Å². The molecule has 0 N–H and O–H groups in total. The van der Waals surface area contributed by atoms with E-state index in [1.807, 2.05) is 0 Å². The summed E-state index contributed by atoms with van der Waals surface area (Å²) in [6.45, 7) is -0.0707. The molecule has 1 fully saturated rings. The predicted molar refractivity (Wildman–Crippen MR) is 30.2 cm³/mol. The van der Waals surface area contributed by atoms with Crippen LogP contribution in [0.25, 0.3) is 0 Å². The van der Waals surface area contributed by atoms with Gasteiger partial charge < -0.3 is 0 Å². The quantitative estimate of drug-likeness (QED) is 0.549. The Hall–Kier alpha value is -0.0600. The van der Waals surface area contributed by atoms with Gasteiger partial charge in [0.05, 0.1) is 6.61 Å². The molecule has 1 heterocycles. The molecule has 0 amide bonds. The zero-order chi connectivity index (χ0) is 8.70. The van der Waals surface area contributed by atoms with E-state index in [-0.39, 0.29) is 0 Å². The Labute approximate surface area is 61.1 Å². The smallest absolute Gasteiger partial charge is 0.280 e. The minimum Gasteiger partial charge on any atom is -0.280 e. The maximum Gasteiger partial charge on any atom is 0.515 e. The molecule has 11 heavy (non-hydrogen) atoms. The molecule has 3 atom stereocenters. The van der Waals surface area contributed by atoms with Crippen molar-refractivity contribution in [1.29, 1.82) is 0 Å². The molecule has 1 aliphatic rings. The minimum atomic E-state index is -4.84. The molecular formula is C4H6F3O3P. The van der Waals surface area contributed by atoms with Crippen molar-refractivity contribution in [2.24, 2.45) is 0 Å². The lowest BCUT2D eigenvalue weighted by molar-refractivity contribution is -0.128. The van der Waals surface area contributed by atoms with Crippen LogP contribution in [0.3, 0.4) is 0 Å². The highest BCUT2D eigenvalue weighted by atomic mass is 31.2. The molecule has 1 rings (SSSR count). The SMILES string of the molecule is CC1(F)COP(=O)(F)OC1F. The second-order valence-corrected chi connectivity index (χ2v) is 3.73. The normalized spacial score (nSPS) is 52.5. The lowest BCUT2D eigenvalue weighted by atomic mass is 10.1.